The molecule has 1 saturated heterocycles. The Bertz CT molecular complexity index is 820. The van der Waals surface area contributed by atoms with Crippen LogP contribution in [0.1, 0.15) is 37.4 Å². The first kappa shape index (κ1) is 24.5. The number of nitrogens with zero attached hydrogens (tertiary/aromatic N) is 2. The molecule has 1 fully saturated rings. The van der Waals surface area contributed by atoms with Gasteiger partial charge in [0.1, 0.15) is 17.1 Å². The van der Waals surface area contributed by atoms with Crippen molar-refractivity contribution in [2.24, 2.45) is 10.9 Å². The van der Waals surface area contributed by atoms with Crippen LogP contribution in [0.15, 0.2) is 45.8 Å². The average Bonchev–Trinajstić information content (AvgIpc) is 3.31. The fourth-order valence-corrected chi connectivity index (χ4v) is 3.94. The second-order valence-electron chi connectivity index (χ2n) is 8.11. The van der Waals surface area contributed by atoms with E-state index in [1.54, 1.807) is 6.92 Å². The topological polar surface area (TPSA) is 73.0 Å². The number of guanidine groups is 1. The molecule has 3 rings (SSSR count). The zero-order valence-electron chi connectivity index (χ0n) is 18.4. The fourth-order valence-electron chi connectivity index (χ4n) is 3.94. The van der Waals surface area contributed by atoms with Crippen molar-refractivity contribution >= 4 is 35.6 Å². The van der Waals surface area contributed by atoms with Crippen LogP contribution in [0.5, 0.6) is 0 Å². The molecule has 0 amide bonds. The lowest BCUT2D eigenvalue weighted by Crippen LogP contribution is -2.41. The van der Waals surface area contributed by atoms with Crippen LogP contribution in [0.2, 0.25) is 0 Å². The van der Waals surface area contributed by atoms with E-state index in [2.05, 4.69) is 50.9 Å². The molecule has 2 atom stereocenters. The van der Waals surface area contributed by atoms with E-state index >= 15 is 0 Å². The van der Waals surface area contributed by atoms with Crippen LogP contribution in [0.3, 0.4) is 0 Å². The number of hydrogen-bond donors (Lipinski definition) is 3. The van der Waals surface area contributed by atoms with E-state index in [4.69, 9.17) is 4.42 Å². The van der Waals surface area contributed by atoms with Crippen molar-refractivity contribution in [1.82, 2.24) is 10.6 Å². The number of furan rings is 1. The Morgan fingerprint density at radius 1 is 1.27 bits per heavy atom. The first-order valence-corrected chi connectivity index (χ1v) is 10.5. The molecule has 1 aliphatic heterocycles. The maximum atomic E-state index is 10.9. The third-order valence-electron chi connectivity index (χ3n) is 5.48. The van der Waals surface area contributed by atoms with Crippen LogP contribution in [-0.2, 0) is 5.60 Å². The largest absolute Gasteiger partial charge is 0.466 e. The Labute approximate surface area is 197 Å². The van der Waals surface area contributed by atoms with Gasteiger partial charge in [-0.15, -0.1) is 24.0 Å². The highest BCUT2D eigenvalue weighted by Crippen LogP contribution is 2.27. The lowest BCUT2D eigenvalue weighted by molar-refractivity contribution is 0.0657. The number of halogens is 1. The van der Waals surface area contributed by atoms with Gasteiger partial charge in [-0.25, -0.2) is 4.99 Å². The van der Waals surface area contributed by atoms with Crippen LogP contribution < -0.4 is 15.5 Å². The smallest absolute Gasteiger partial charge is 0.191 e. The number of para-hydroxylation sites is 1. The minimum Gasteiger partial charge on any atom is -0.466 e. The fraction of sp³-hybridized carbons (Fsp3) is 0.522. The van der Waals surface area contributed by atoms with Gasteiger partial charge in [0.2, 0.25) is 0 Å². The molecule has 0 radical (unpaired) electrons. The van der Waals surface area contributed by atoms with Crippen molar-refractivity contribution in [3.05, 3.63) is 53.5 Å². The van der Waals surface area contributed by atoms with Crippen LogP contribution in [0, 0.1) is 19.8 Å². The molecule has 0 aliphatic carbocycles. The maximum Gasteiger partial charge on any atom is 0.191 e. The van der Waals surface area contributed by atoms with Crippen LogP contribution in [0.4, 0.5) is 5.69 Å². The maximum absolute atomic E-state index is 10.9. The summed E-state index contributed by atoms with van der Waals surface area (Å²) in [7, 11) is 0. The highest BCUT2D eigenvalue weighted by molar-refractivity contribution is 14.0. The highest BCUT2D eigenvalue weighted by atomic mass is 127. The van der Waals surface area contributed by atoms with Crippen LogP contribution >= 0.6 is 24.0 Å². The number of benzene rings is 1. The zero-order valence-corrected chi connectivity index (χ0v) is 20.8. The summed E-state index contributed by atoms with van der Waals surface area (Å²) in [4.78, 5) is 7.07. The molecule has 6 nitrogen and oxygen atoms in total. The van der Waals surface area contributed by atoms with Gasteiger partial charge in [0.05, 0.1) is 6.54 Å². The van der Waals surface area contributed by atoms with E-state index in [1.807, 2.05) is 26.8 Å². The van der Waals surface area contributed by atoms with E-state index < -0.39 is 5.60 Å². The summed E-state index contributed by atoms with van der Waals surface area (Å²) in [6.07, 6.45) is 1.16. The van der Waals surface area contributed by atoms with Crippen LogP contribution in [0.25, 0.3) is 0 Å². The monoisotopic (exact) mass is 526 g/mol. The molecule has 0 spiro atoms. The molecule has 3 N–H and O–H groups in total. The predicted octanol–water partition coefficient (Wildman–Crippen LogP) is 3.80. The van der Waals surface area contributed by atoms with Gasteiger partial charge in [-0.2, -0.15) is 0 Å². The van der Waals surface area contributed by atoms with E-state index in [1.165, 1.54) is 5.69 Å². The molecule has 0 saturated carbocycles. The van der Waals surface area contributed by atoms with Gasteiger partial charge in [-0.05, 0) is 58.2 Å². The quantitative estimate of drug-likeness (QED) is 0.291. The molecule has 1 aliphatic rings. The van der Waals surface area contributed by atoms with Gasteiger partial charge in [0.15, 0.2) is 5.96 Å². The molecule has 166 valence electrons. The number of aryl methyl sites for hydroxylation is 2. The van der Waals surface area contributed by atoms with Crippen molar-refractivity contribution in [1.29, 1.82) is 0 Å². The van der Waals surface area contributed by atoms with Crippen molar-refractivity contribution in [2.75, 3.05) is 37.6 Å². The second-order valence-corrected chi connectivity index (χ2v) is 8.11. The Morgan fingerprint density at radius 3 is 2.63 bits per heavy atom. The van der Waals surface area contributed by atoms with Crippen molar-refractivity contribution < 1.29 is 9.52 Å². The van der Waals surface area contributed by atoms with E-state index in [-0.39, 0.29) is 30.5 Å². The Hall–Kier alpha value is -1.74. The third kappa shape index (κ3) is 6.38. The van der Waals surface area contributed by atoms with Crippen molar-refractivity contribution in [2.45, 2.75) is 39.7 Å². The molecule has 30 heavy (non-hydrogen) atoms. The van der Waals surface area contributed by atoms with E-state index in [9.17, 15) is 5.11 Å². The van der Waals surface area contributed by atoms with Gasteiger partial charge in [-0.1, -0.05) is 18.2 Å². The van der Waals surface area contributed by atoms with Gasteiger partial charge in [-0.3, -0.25) is 0 Å². The molecular weight excluding hydrogens is 491 g/mol. The first-order chi connectivity index (χ1) is 13.9. The van der Waals surface area contributed by atoms with Gasteiger partial charge >= 0.3 is 0 Å². The Kier molecular flexibility index (Phi) is 9.03. The predicted molar refractivity (Wildman–Crippen MR) is 134 cm³/mol. The summed E-state index contributed by atoms with van der Waals surface area (Å²) in [5.74, 6) is 2.85. The van der Waals surface area contributed by atoms with Gasteiger partial charge in [0, 0.05) is 37.4 Å². The standard InChI is InChI=1S/C23H34N4O2.HI/c1-5-24-22(26-16-23(4,28)21-13-17(2)29-18(21)3)25-14-19-11-12-27(15-19)20-9-7-6-8-10-20;/h6-10,13,19,28H,5,11-12,14-16H2,1-4H3,(H2,24,25,26);1H. The Morgan fingerprint density at radius 2 is 2.00 bits per heavy atom. The van der Waals surface area contributed by atoms with Crippen molar-refractivity contribution in [3.63, 3.8) is 0 Å². The minimum atomic E-state index is -1.07. The zero-order chi connectivity index (χ0) is 20.9. The molecule has 7 heteroatoms. The summed E-state index contributed by atoms with van der Waals surface area (Å²) in [6, 6.07) is 12.5. The number of hydrogen-bond acceptors (Lipinski definition) is 4. The molecule has 2 heterocycles. The van der Waals surface area contributed by atoms with E-state index in [0.29, 0.717) is 5.92 Å². The molecule has 0 bridgehead atoms. The first-order valence-electron chi connectivity index (χ1n) is 10.5. The summed E-state index contributed by atoms with van der Waals surface area (Å²) in [5, 5.41) is 17.6. The number of nitrogens with one attached hydrogen (secondary N) is 2. The summed E-state index contributed by atoms with van der Waals surface area (Å²) in [6.45, 7) is 11.6. The molecular formula is C23H35IN4O2. The normalized spacial score (nSPS) is 18.6. The minimum absolute atomic E-state index is 0. The third-order valence-corrected chi connectivity index (χ3v) is 5.48. The van der Waals surface area contributed by atoms with Crippen molar-refractivity contribution in [3.8, 4) is 0 Å². The van der Waals surface area contributed by atoms with Gasteiger partial charge in [0.25, 0.3) is 0 Å². The van der Waals surface area contributed by atoms with Crippen LogP contribution in [-0.4, -0.2) is 43.8 Å². The lowest BCUT2D eigenvalue weighted by Gasteiger charge is -2.22. The molecule has 2 unspecified atom stereocenters. The second kappa shape index (κ2) is 11.0. The van der Waals surface area contributed by atoms with E-state index in [0.717, 1.165) is 55.6 Å². The summed E-state index contributed by atoms with van der Waals surface area (Å²) >= 11 is 0. The molecule has 2 aromatic rings. The Balaban J connectivity index is 0.00000320. The highest BCUT2D eigenvalue weighted by Gasteiger charge is 2.28. The van der Waals surface area contributed by atoms with Gasteiger partial charge < -0.3 is 25.1 Å². The average molecular weight is 526 g/mol. The summed E-state index contributed by atoms with van der Waals surface area (Å²) in [5.41, 5.74) is 1.02. The SMILES string of the molecule is CCNC(=NCC(C)(O)c1cc(C)oc1C)NCC1CCN(c2ccccc2)C1.I. The number of aliphatic imine (C=N–C) groups is 1. The summed E-state index contributed by atoms with van der Waals surface area (Å²) < 4.78 is 5.57. The number of aliphatic hydroxyl groups is 1. The number of rotatable bonds is 7. The molecule has 1 aromatic carbocycles. The lowest BCUT2D eigenvalue weighted by atomic mass is 9.96. The number of anilines is 1. The molecule has 1 aromatic heterocycles.